The predicted octanol–water partition coefficient (Wildman–Crippen LogP) is 3.69. The van der Waals surface area contributed by atoms with Gasteiger partial charge in [-0.1, -0.05) is 32.4 Å². The predicted molar refractivity (Wildman–Crippen MR) is 82.9 cm³/mol. The van der Waals surface area contributed by atoms with Gasteiger partial charge in [-0.15, -0.1) is 0 Å². The van der Waals surface area contributed by atoms with Crippen LogP contribution in [0.2, 0.25) is 0 Å². The summed E-state index contributed by atoms with van der Waals surface area (Å²) >= 11 is 0. The number of hydrogen-bond acceptors (Lipinski definition) is 3. The van der Waals surface area contributed by atoms with E-state index in [0.717, 1.165) is 31.6 Å². The first-order chi connectivity index (χ1) is 9.63. The Bertz CT molecular complexity index is 422. The monoisotopic (exact) mass is 274 g/mol. The van der Waals surface area contributed by atoms with Crippen molar-refractivity contribution in [2.45, 2.75) is 52.0 Å². The van der Waals surface area contributed by atoms with Crippen molar-refractivity contribution in [1.29, 1.82) is 5.26 Å². The maximum Gasteiger partial charge on any atom is 0.119 e. The van der Waals surface area contributed by atoms with Crippen LogP contribution in [-0.4, -0.2) is 18.7 Å². The molecule has 0 saturated carbocycles. The molecular formula is C17H26N2O. The molecule has 1 rings (SSSR count). The van der Waals surface area contributed by atoms with Crippen LogP contribution in [0.4, 0.5) is 0 Å². The number of rotatable bonds is 9. The standard InChI is InChI=1S/C17H26N2O/c1-4-6-15-7-9-16(10-8-15)20-13-11-17(3,14-18)19-12-5-2/h7-10,19H,4-6,11-13H2,1-3H3. The van der Waals surface area contributed by atoms with E-state index in [1.54, 1.807) is 0 Å². The van der Waals surface area contributed by atoms with Gasteiger partial charge in [-0.05, 0) is 44.0 Å². The van der Waals surface area contributed by atoms with Crippen molar-refractivity contribution in [3.05, 3.63) is 29.8 Å². The number of ether oxygens (including phenoxy) is 1. The van der Waals surface area contributed by atoms with Gasteiger partial charge in [0.2, 0.25) is 0 Å². The molecule has 0 amide bonds. The van der Waals surface area contributed by atoms with E-state index in [4.69, 9.17) is 4.74 Å². The Morgan fingerprint density at radius 2 is 1.90 bits per heavy atom. The van der Waals surface area contributed by atoms with Gasteiger partial charge in [0.15, 0.2) is 0 Å². The van der Waals surface area contributed by atoms with Gasteiger partial charge in [0.05, 0.1) is 12.7 Å². The van der Waals surface area contributed by atoms with Crippen molar-refractivity contribution in [1.82, 2.24) is 5.32 Å². The number of benzene rings is 1. The average molecular weight is 274 g/mol. The van der Waals surface area contributed by atoms with Crippen LogP contribution in [0.1, 0.15) is 45.6 Å². The number of nitriles is 1. The van der Waals surface area contributed by atoms with E-state index in [0.29, 0.717) is 13.0 Å². The zero-order chi connectivity index (χ0) is 14.8. The summed E-state index contributed by atoms with van der Waals surface area (Å²) in [5.74, 6) is 0.876. The molecule has 0 radical (unpaired) electrons. The van der Waals surface area contributed by atoms with E-state index in [2.05, 4.69) is 37.4 Å². The first-order valence-electron chi connectivity index (χ1n) is 7.51. The summed E-state index contributed by atoms with van der Waals surface area (Å²) in [6.45, 7) is 7.61. The van der Waals surface area contributed by atoms with E-state index >= 15 is 0 Å². The molecule has 20 heavy (non-hydrogen) atoms. The molecule has 3 heteroatoms. The second-order valence-electron chi connectivity index (χ2n) is 5.36. The highest BCUT2D eigenvalue weighted by Crippen LogP contribution is 2.15. The van der Waals surface area contributed by atoms with E-state index in [1.165, 1.54) is 5.56 Å². The normalized spacial score (nSPS) is 13.5. The summed E-state index contributed by atoms with van der Waals surface area (Å²) in [6, 6.07) is 10.6. The highest BCUT2D eigenvalue weighted by atomic mass is 16.5. The zero-order valence-electron chi connectivity index (χ0n) is 12.9. The quantitative estimate of drug-likeness (QED) is 0.747. The molecule has 0 saturated heterocycles. The van der Waals surface area contributed by atoms with Crippen LogP contribution < -0.4 is 10.1 Å². The van der Waals surface area contributed by atoms with Gasteiger partial charge < -0.3 is 4.74 Å². The third-order valence-electron chi connectivity index (χ3n) is 3.34. The highest BCUT2D eigenvalue weighted by molar-refractivity contribution is 5.27. The van der Waals surface area contributed by atoms with E-state index in [9.17, 15) is 5.26 Å². The van der Waals surface area contributed by atoms with Crippen LogP contribution in [0.5, 0.6) is 5.75 Å². The van der Waals surface area contributed by atoms with Crippen LogP contribution in [0.15, 0.2) is 24.3 Å². The Hall–Kier alpha value is -1.53. The molecule has 0 aliphatic rings. The zero-order valence-corrected chi connectivity index (χ0v) is 12.9. The summed E-state index contributed by atoms with van der Waals surface area (Å²) in [6.07, 6.45) is 3.97. The molecule has 3 nitrogen and oxygen atoms in total. The van der Waals surface area contributed by atoms with Crippen LogP contribution in [0, 0.1) is 11.3 Å². The fraction of sp³-hybridized carbons (Fsp3) is 0.588. The molecule has 0 aromatic heterocycles. The minimum Gasteiger partial charge on any atom is -0.493 e. The van der Waals surface area contributed by atoms with Gasteiger partial charge in [-0.3, -0.25) is 5.32 Å². The molecule has 1 aromatic rings. The Morgan fingerprint density at radius 3 is 2.45 bits per heavy atom. The van der Waals surface area contributed by atoms with Crippen molar-refractivity contribution in [2.75, 3.05) is 13.2 Å². The summed E-state index contributed by atoms with van der Waals surface area (Å²) in [4.78, 5) is 0. The lowest BCUT2D eigenvalue weighted by atomic mass is 10.0. The minimum atomic E-state index is -0.502. The Balaban J connectivity index is 2.41. The summed E-state index contributed by atoms with van der Waals surface area (Å²) in [5.41, 5.74) is 0.837. The topological polar surface area (TPSA) is 45.0 Å². The minimum absolute atomic E-state index is 0.502. The third-order valence-corrected chi connectivity index (χ3v) is 3.34. The molecule has 1 aromatic carbocycles. The molecule has 1 unspecified atom stereocenters. The van der Waals surface area contributed by atoms with Gasteiger partial charge in [0, 0.05) is 6.42 Å². The summed E-state index contributed by atoms with van der Waals surface area (Å²) in [5, 5.41) is 12.5. The number of nitrogens with zero attached hydrogens (tertiary/aromatic N) is 1. The molecular weight excluding hydrogens is 248 g/mol. The summed E-state index contributed by atoms with van der Waals surface area (Å²) in [7, 11) is 0. The number of aryl methyl sites for hydroxylation is 1. The molecule has 0 aliphatic heterocycles. The fourth-order valence-corrected chi connectivity index (χ4v) is 2.00. The smallest absolute Gasteiger partial charge is 0.119 e. The van der Waals surface area contributed by atoms with Crippen LogP contribution in [0.3, 0.4) is 0 Å². The third kappa shape index (κ3) is 5.63. The maximum absolute atomic E-state index is 9.24. The second kappa shape index (κ2) is 8.60. The first kappa shape index (κ1) is 16.5. The Labute approximate surface area is 123 Å². The molecule has 0 heterocycles. The lowest BCUT2D eigenvalue weighted by Gasteiger charge is -2.23. The average Bonchev–Trinajstić information content (AvgIpc) is 2.47. The van der Waals surface area contributed by atoms with Crippen LogP contribution >= 0.6 is 0 Å². The van der Waals surface area contributed by atoms with Crippen LogP contribution in [-0.2, 0) is 6.42 Å². The largest absolute Gasteiger partial charge is 0.493 e. The molecule has 110 valence electrons. The number of hydrogen-bond donors (Lipinski definition) is 1. The number of nitrogens with one attached hydrogen (secondary N) is 1. The van der Waals surface area contributed by atoms with Crippen molar-refractivity contribution in [3.8, 4) is 11.8 Å². The molecule has 1 N–H and O–H groups in total. The van der Waals surface area contributed by atoms with Gasteiger partial charge in [0.1, 0.15) is 11.3 Å². The van der Waals surface area contributed by atoms with E-state index < -0.39 is 5.54 Å². The van der Waals surface area contributed by atoms with Gasteiger partial charge in [-0.2, -0.15) is 5.26 Å². The second-order valence-corrected chi connectivity index (χ2v) is 5.36. The molecule has 1 atom stereocenters. The van der Waals surface area contributed by atoms with Crippen molar-refractivity contribution < 1.29 is 4.74 Å². The Kier molecular flexibility index (Phi) is 7.11. The molecule has 0 bridgehead atoms. The Morgan fingerprint density at radius 1 is 1.20 bits per heavy atom. The van der Waals surface area contributed by atoms with E-state index in [-0.39, 0.29) is 0 Å². The van der Waals surface area contributed by atoms with E-state index in [1.807, 2.05) is 19.1 Å². The van der Waals surface area contributed by atoms with Crippen molar-refractivity contribution >= 4 is 0 Å². The maximum atomic E-state index is 9.24. The van der Waals surface area contributed by atoms with Crippen molar-refractivity contribution in [2.24, 2.45) is 0 Å². The van der Waals surface area contributed by atoms with Gasteiger partial charge in [0.25, 0.3) is 0 Å². The molecule has 0 spiro atoms. The highest BCUT2D eigenvalue weighted by Gasteiger charge is 2.22. The lowest BCUT2D eigenvalue weighted by molar-refractivity contribution is 0.267. The first-order valence-corrected chi connectivity index (χ1v) is 7.51. The molecule has 0 fully saturated rings. The van der Waals surface area contributed by atoms with Gasteiger partial charge >= 0.3 is 0 Å². The molecule has 0 aliphatic carbocycles. The van der Waals surface area contributed by atoms with Gasteiger partial charge in [-0.25, -0.2) is 0 Å². The van der Waals surface area contributed by atoms with Crippen LogP contribution in [0.25, 0.3) is 0 Å². The lowest BCUT2D eigenvalue weighted by Crippen LogP contribution is -2.42. The fourth-order valence-electron chi connectivity index (χ4n) is 2.00. The summed E-state index contributed by atoms with van der Waals surface area (Å²) < 4.78 is 5.73. The SMILES string of the molecule is CCCNC(C)(C#N)CCOc1ccc(CCC)cc1. The van der Waals surface area contributed by atoms with Crippen molar-refractivity contribution in [3.63, 3.8) is 0 Å².